The van der Waals surface area contributed by atoms with E-state index in [1.54, 1.807) is 32.4 Å². The van der Waals surface area contributed by atoms with Crippen molar-refractivity contribution in [2.24, 2.45) is 0 Å². The largest absolute Gasteiger partial charge is 0.493 e. The third-order valence-corrected chi connectivity index (χ3v) is 4.39. The fourth-order valence-corrected chi connectivity index (χ4v) is 2.94. The molecule has 3 rings (SSSR count). The van der Waals surface area contributed by atoms with Crippen molar-refractivity contribution < 1.29 is 19.0 Å². The molecule has 1 aromatic heterocycles. The molecule has 0 aliphatic carbocycles. The van der Waals surface area contributed by atoms with Crippen LogP contribution < -0.4 is 20.3 Å². The summed E-state index contributed by atoms with van der Waals surface area (Å²) in [5.41, 5.74) is 0.968. The van der Waals surface area contributed by atoms with Crippen molar-refractivity contribution in [2.45, 2.75) is 25.5 Å². The van der Waals surface area contributed by atoms with Gasteiger partial charge in [0.05, 0.1) is 26.0 Å². The maximum atomic E-state index is 12.2. The molecule has 1 aromatic carbocycles. The summed E-state index contributed by atoms with van der Waals surface area (Å²) in [7, 11) is 3.11. The predicted molar refractivity (Wildman–Crippen MR) is 99.0 cm³/mol. The highest BCUT2D eigenvalue weighted by atomic mass is 16.5. The Morgan fingerprint density at radius 3 is 2.78 bits per heavy atom. The van der Waals surface area contributed by atoms with E-state index in [0.717, 1.165) is 29.7 Å². The first kappa shape index (κ1) is 18.9. The number of benzene rings is 1. The number of carbonyl (C=O) groups is 1. The number of ether oxygens (including phenoxy) is 3. The minimum atomic E-state index is -0.341. The van der Waals surface area contributed by atoms with E-state index in [0.29, 0.717) is 23.7 Å². The van der Waals surface area contributed by atoms with Crippen LogP contribution in [-0.2, 0) is 16.1 Å². The first-order valence-electron chi connectivity index (χ1n) is 8.79. The number of hydrogen-bond acceptors (Lipinski definition) is 6. The first-order chi connectivity index (χ1) is 13.1. The van der Waals surface area contributed by atoms with Gasteiger partial charge in [0.1, 0.15) is 6.54 Å². The van der Waals surface area contributed by atoms with Crippen molar-refractivity contribution in [3.63, 3.8) is 0 Å². The summed E-state index contributed by atoms with van der Waals surface area (Å²) in [4.78, 5) is 24.2. The van der Waals surface area contributed by atoms with Gasteiger partial charge >= 0.3 is 0 Å². The second kappa shape index (κ2) is 8.68. The monoisotopic (exact) mass is 373 g/mol. The zero-order valence-electron chi connectivity index (χ0n) is 15.4. The van der Waals surface area contributed by atoms with Crippen molar-refractivity contribution in [3.05, 3.63) is 40.7 Å². The second-order valence-electron chi connectivity index (χ2n) is 6.22. The summed E-state index contributed by atoms with van der Waals surface area (Å²) in [5, 5.41) is 7.10. The Labute approximate surface area is 157 Å². The lowest BCUT2D eigenvalue weighted by molar-refractivity contribution is -0.122. The highest BCUT2D eigenvalue weighted by Crippen LogP contribution is 2.31. The number of rotatable bonds is 7. The van der Waals surface area contributed by atoms with Crippen LogP contribution in [0.25, 0.3) is 11.3 Å². The van der Waals surface area contributed by atoms with Crippen LogP contribution >= 0.6 is 0 Å². The van der Waals surface area contributed by atoms with Crippen molar-refractivity contribution in [2.75, 3.05) is 27.4 Å². The van der Waals surface area contributed by atoms with E-state index in [2.05, 4.69) is 10.4 Å². The number of aromatic nitrogens is 2. The number of nitrogens with one attached hydrogen (secondary N) is 1. The highest BCUT2D eigenvalue weighted by Gasteiger charge is 2.17. The van der Waals surface area contributed by atoms with E-state index >= 15 is 0 Å². The molecule has 8 nitrogen and oxygen atoms in total. The van der Waals surface area contributed by atoms with Crippen LogP contribution in [0.5, 0.6) is 11.5 Å². The second-order valence-corrected chi connectivity index (χ2v) is 6.22. The Balaban J connectivity index is 1.74. The van der Waals surface area contributed by atoms with E-state index < -0.39 is 0 Å². The van der Waals surface area contributed by atoms with Crippen LogP contribution in [0.4, 0.5) is 0 Å². The van der Waals surface area contributed by atoms with Crippen LogP contribution in [0.3, 0.4) is 0 Å². The molecular weight excluding hydrogens is 350 g/mol. The molecule has 0 radical (unpaired) electrons. The minimum absolute atomic E-state index is 0.0525. The predicted octanol–water partition coefficient (Wildman–Crippen LogP) is 1.22. The zero-order valence-corrected chi connectivity index (χ0v) is 15.4. The van der Waals surface area contributed by atoms with Gasteiger partial charge in [-0.3, -0.25) is 9.59 Å². The van der Waals surface area contributed by atoms with Gasteiger partial charge in [-0.15, -0.1) is 0 Å². The van der Waals surface area contributed by atoms with Crippen molar-refractivity contribution in [1.82, 2.24) is 15.1 Å². The molecule has 1 amide bonds. The van der Waals surface area contributed by atoms with E-state index in [1.807, 2.05) is 6.07 Å². The molecule has 0 saturated carbocycles. The van der Waals surface area contributed by atoms with E-state index in [-0.39, 0.29) is 24.1 Å². The van der Waals surface area contributed by atoms with Gasteiger partial charge in [0.2, 0.25) is 5.91 Å². The van der Waals surface area contributed by atoms with Crippen LogP contribution in [0.15, 0.2) is 35.1 Å². The lowest BCUT2D eigenvalue weighted by Crippen LogP contribution is -2.37. The molecule has 2 aromatic rings. The van der Waals surface area contributed by atoms with Gasteiger partial charge in [-0.05, 0) is 37.1 Å². The van der Waals surface area contributed by atoms with Gasteiger partial charge in [-0.2, -0.15) is 5.10 Å². The van der Waals surface area contributed by atoms with Gasteiger partial charge < -0.3 is 19.5 Å². The molecule has 2 heterocycles. The molecule has 8 heteroatoms. The zero-order chi connectivity index (χ0) is 19.2. The fourth-order valence-electron chi connectivity index (χ4n) is 2.94. The molecule has 27 heavy (non-hydrogen) atoms. The Kier molecular flexibility index (Phi) is 6.08. The molecule has 1 aliphatic rings. The number of carbonyl (C=O) groups excluding carboxylic acids is 1. The Bertz CT molecular complexity index is 859. The molecule has 1 N–H and O–H groups in total. The Morgan fingerprint density at radius 1 is 1.26 bits per heavy atom. The third-order valence-electron chi connectivity index (χ3n) is 4.39. The van der Waals surface area contributed by atoms with E-state index in [4.69, 9.17) is 14.2 Å². The number of hydrogen-bond donors (Lipinski definition) is 1. The maximum Gasteiger partial charge on any atom is 0.267 e. The molecule has 1 atom stereocenters. The SMILES string of the molecule is COc1ccc(-c2ccc(=O)n(CC(=O)NC[C@@H]3CCCO3)n2)cc1OC. The van der Waals surface area contributed by atoms with Crippen molar-refractivity contribution >= 4 is 5.91 Å². The lowest BCUT2D eigenvalue weighted by Gasteiger charge is -2.12. The van der Waals surface area contributed by atoms with Crippen LogP contribution in [0.2, 0.25) is 0 Å². The van der Waals surface area contributed by atoms with E-state index in [1.165, 1.54) is 6.07 Å². The number of methoxy groups -OCH3 is 2. The average molecular weight is 373 g/mol. The van der Waals surface area contributed by atoms with Crippen LogP contribution in [0, 0.1) is 0 Å². The summed E-state index contributed by atoms with van der Waals surface area (Å²) >= 11 is 0. The summed E-state index contributed by atoms with van der Waals surface area (Å²) < 4.78 is 17.2. The average Bonchev–Trinajstić information content (AvgIpc) is 3.21. The number of amides is 1. The van der Waals surface area contributed by atoms with Gasteiger partial charge in [0.25, 0.3) is 5.56 Å². The highest BCUT2D eigenvalue weighted by molar-refractivity contribution is 5.75. The third kappa shape index (κ3) is 4.65. The minimum Gasteiger partial charge on any atom is -0.493 e. The number of nitrogens with zero attached hydrogens (tertiary/aromatic N) is 2. The maximum absolute atomic E-state index is 12.2. The molecular formula is C19H23N3O5. The standard InChI is InChI=1S/C19H23N3O5/c1-25-16-7-5-13(10-17(16)26-2)15-6-8-19(24)22(21-15)12-18(23)20-11-14-4-3-9-27-14/h5-8,10,14H,3-4,9,11-12H2,1-2H3,(H,20,23)/t14-/m0/s1. The molecule has 0 unspecified atom stereocenters. The molecule has 0 spiro atoms. The molecule has 0 bridgehead atoms. The fraction of sp³-hybridized carbons (Fsp3) is 0.421. The van der Waals surface area contributed by atoms with Crippen molar-refractivity contribution in [1.29, 1.82) is 0 Å². The Morgan fingerprint density at radius 2 is 2.07 bits per heavy atom. The Hall–Kier alpha value is -2.87. The smallest absolute Gasteiger partial charge is 0.267 e. The van der Waals surface area contributed by atoms with E-state index in [9.17, 15) is 9.59 Å². The topological polar surface area (TPSA) is 91.7 Å². The van der Waals surface area contributed by atoms with Crippen LogP contribution in [-0.4, -0.2) is 49.2 Å². The van der Waals surface area contributed by atoms with Gasteiger partial charge in [0, 0.05) is 24.8 Å². The van der Waals surface area contributed by atoms with Crippen LogP contribution in [0.1, 0.15) is 12.8 Å². The molecule has 144 valence electrons. The summed E-state index contributed by atoms with van der Waals surface area (Å²) in [5.74, 6) is 0.886. The van der Waals surface area contributed by atoms with Gasteiger partial charge in [0.15, 0.2) is 11.5 Å². The summed E-state index contributed by atoms with van der Waals surface area (Å²) in [6, 6.07) is 8.36. The summed E-state index contributed by atoms with van der Waals surface area (Å²) in [6.45, 7) is 1.03. The van der Waals surface area contributed by atoms with Crippen molar-refractivity contribution in [3.8, 4) is 22.8 Å². The molecule has 1 saturated heterocycles. The van der Waals surface area contributed by atoms with Gasteiger partial charge in [-0.1, -0.05) is 0 Å². The normalized spacial score (nSPS) is 16.1. The lowest BCUT2D eigenvalue weighted by atomic mass is 10.1. The first-order valence-corrected chi connectivity index (χ1v) is 8.79. The molecule has 1 aliphatic heterocycles. The molecule has 1 fully saturated rings. The quantitative estimate of drug-likeness (QED) is 0.785. The summed E-state index contributed by atoms with van der Waals surface area (Å²) in [6.07, 6.45) is 2.00. The van der Waals surface area contributed by atoms with Gasteiger partial charge in [-0.25, -0.2) is 4.68 Å².